The van der Waals surface area contributed by atoms with Crippen molar-refractivity contribution in [2.24, 2.45) is 0 Å². The highest BCUT2D eigenvalue weighted by Gasteiger charge is 2.18. The fraction of sp³-hybridized carbons (Fsp3) is 0.182. The molecule has 0 saturated heterocycles. The summed E-state index contributed by atoms with van der Waals surface area (Å²) in [5, 5.41) is 0.441. The van der Waals surface area contributed by atoms with Crippen LogP contribution in [0.4, 0.5) is 10.2 Å². The summed E-state index contributed by atoms with van der Waals surface area (Å²) in [7, 11) is 0. The maximum Gasteiger partial charge on any atom is 0.342 e. The predicted octanol–water partition coefficient (Wildman–Crippen LogP) is 2.07. The highest BCUT2D eigenvalue weighted by Crippen LogP contribution is 2.25. The number of carbonyl (C=O) groups excluding carboxylic acids is 1. The van der Waals surface area contributed by atoms with Crippen molar-refractivity contribution < 1.29 is 13.9 Å². The van der Waals surface area contributed by atoms with Gasteiger partial charge in [-0.2, -0.15) is 0 Å². The smallest absolute Gasteiger partial charge is 0.342 e. The van der Waals surface area contributed by atoms with Crippen molar-refractivity contribution in [1.29, 1.82) is 0 Å². The zero-order valence-corrected chi connectivity index (χ0v) is 8.71. The molecule has 84 valence electrons. The number of anilines is 1. The van der Waals surface area contributed by atoms with Crippen LogP contribution in [-0.2, 0) is 4.74 Å². The van der Waals surface area contributed by atoms with Gasteiger partial charge in [0.05, 0.1) is 6.61 Å². The van der Waals surface area contributed by atoms with E-state index < -0.39 is 11.8 Å². The van der Waals surface area contributed by atoms with Crippen LogP contribution in [-0.4, -0.2) is 17.6 Å². The minimum atomic E-state index is -0.545. The Kier molecular flexibility index (Phi) is 2.52. The lowest BCUT2D eigenvalue weighted by Gasteiger charge is -2.00. The highest BCUT2D eigenvalue weighted by molar-refractivity contribution is 6.08. The van der Waals surface area contributed by atoms with Crippen LogP contribution in [0, 0.1) is 5.82 Å². The first-order chi connectivity index (χ1) is 7.63. The van der Waals surface area contributed by atoms with Crippen molar-refractivity contribution in [2.45, 2.75) is 6.92 Å². The van der Waals surface area contributed by atoms with Gasteiger partial charge in [0.2, 0.25) is 0 Å². The summed E-state index contributed by atoms with van der Waals surface area (Å²) in [5.74, 6) is -0.770. The fourth-order valence-corrected chi connectivity index (χ4v) is 1.61. The number of hydrogen-bond acceptors (Lipinski definition) is 3. The van der Waals surface area contributed by atoms with Gasteiger partial charge in [0.25, 0.3) is 0 Å². The van der Waals surface area contributed by atoms with E-state index in [4.69, 9.17) is 10.5 Å². The lowest BCUT2D eigenvalue weighted by atomic mass is 10.1. The second-order valence-corrected chi connectivity index (χ2v) is 3.32. The Balaban J connectivity index is 2.62. The van der Waals surface area contributed by atoms with E-state index in [-0.39, 0.29) is 18.0 Å². The van der Waals surface area contributed by atoms with Crippen molar-refractivity contribution in [3.05, 3.63) is 29.6 Å². The second-order valence-electron chi connectivity index (χ2n) is 3.32. The van der Waals surface area contributed by atoms with Gasteiger partial charge < -0.3 is 15.5 Å². The van der Waals surface area contributed by atoms with Crippen LogP contribution >= 0.6 is 0 Å². The average Bonchev–Trinajstić information content (AvgIpc) is 2.53. The number of fused-ring (bicyclic) bond motifs is 1. The minimum absolute atomic E-state index is 0.191. The molecule has 1 aromatic heterocycles. The van der Waals surface area contributed by atoms with Gasteiger partial charge in [0.15, 0.2) is 0 Å². The number of nitrogen functional groups attached to an aromatic ring is 1. The van der Waals surface area contributed by atoms with Gasteiger partial charge in [-0.05, 0) is 25.1 Å². The summed E-state index contributed by atoms with van der Waals surface area (Å²) >= 11 is 0. The van der Waals surface area contributed by atoms with Crippen LogP contribution in [0.2, 0.25) is 0 Å². The number of halogens is 1. The number of ether oxygens (including phenoxy) is 1. The molecule has 5 heteroatoms. The van der Waals surface area contributed by atoms with Crippen LogP contribution in [0.25, 0.3) is 10.9 Å². The van der Waals surface area contributed by atoms with Crippen LogP contribution in [0.3, 0.4) is 0 Å². The van der Waals surface area contributed by atoms with Crippen LogP contribution in [0.1, 0.15) is 17.3 Å². The topological polar surface area (TPSA) is 68.1 Å². The number of carbonyl (C=O) groups is 1. The zero-order chi connectivity index (χ0) is 11.7. The molecule has 1 aromatic carbocycles. The Morgan fingerprint density at radius 3 is 3.00 bits per heavy atom. The molecule has 0 radical (unpaired) electrons. The van der Waals surface area contributed by atoms with Crippen molar-refractivity contribution in [1.82, 2.24) is 4.98 Å². The summed E-state index contributed by atoms with van der Waals surface area (Å²) < 4.78 is 17.9. The number of H-pyrrole nitrogens is 1. The number of nitrogens with one attached hydrogen (secondary N) is 1. The first kappa shape index (κ1) is 10.5. The van der Waals surface area contributed by atoms with Crippen LogP contribution in [0.15, 0.2) is 18.2 Å². The van der Waals surface area contributed by atoms with E-state index in [0.29, 0.717) is 10.9 Å². The number of aromatic nitrogens is 1. The van der Waals surface area contributed by atoms with Crippen LogP contribution < -0.4 is 5.73 Å². The third-order valence-electron chi connectivity index (χ3n) is 2.27. The third-order valence-corrected chi connectivity index (χ3v) is 2.27. The Hall–Kier alpha value is -2.04. The molecule has 0 fully saturated rings. The molecule has 4 nitrogen and oxygen atoms in total. The van der Waals surface area contributed by atoms with E-state index >= 15 is 0 Å². The Bertz CT molecular complexity index is 548. The SMILES string of the molecule is CCOC(=O)c1c(N)[nH]c2ccc(F)cc12. The van der Waals surface area contributed by atoms with Gasteiger partial charge in [-0.25, -0.2) is 9.18 Å². The molecule has 3 N–H and O–H groups in total. The molecule has 0 aliphatic rings. The molecule has 0 spiro atoms. The van der Waals surface area contributed by atoms with E-state index in [1.165, 1.54) is 18.2 Å². The maximum atomic E-state index is 13.1. The summed E-state index contributed by atoms with van der Waals surface area (Å²) in [6, 6.07) is 4.09. The second kappa shape index (κ2) is 3.84. The molecule has 0 saturated carbocycles. The largest absolute Gasteiger partial charge is 0.462 e. The molecule has 0 aliphatic carbocycles. The van der Waals surface area contributed by atoms with Crippen LogP contribution in [0.5, 0.6) is 0 Å². The minimum Gasteiger partial charge on any atom is -0.462 e. The van der Waals surface area contributed by atoms with E-state index in [1.807, 2.05) is 0 Å². The van der Waals surface area contributed by atoms with Gasteiger partial charge in [-0.1, -0.05) is 0 Å². The van der Waals surface area contributed by atoms with Gasteiger partial charge >= 0.3 is 5.97 Å². The third kappa shape index (κ3) is 1.60. The Morgan fingerprint density at radius 1 is 1.56 bits per heavy atom. The maximum absolute atomic E-state index is 13.1. The summed E-state index contributed by atoms with van der Waals surface area (Å²) in [5.41, 5.74) is 6.46. The number of benzene rings is 1. The monoisotopic (exact) mass is 222 g/mol. The fourth-order valence-electron chi connectivity index (χ4n) is 1.61. The van der Waals surface area contributed by atoms with E-state index in [1.54, 1.807) is 6.92 Å². The highest BCUT2D eigenvalue weighted by atomic mass is 19.1. The Labute approximate surface area is 91.2 Å². The lowest BCUT2D eigenvalue weighted by Crippen LogP contribution is -2.06. The molecule has 0 bridgehead atoms. The van der Waals surface area contributed by atoms with Crippen molar-refractivity contribution in [3.63, 3.8) is 0 Å². The molecule has 2 rings (SSSR count). The first-order valence-corrected chi connectivity index (χ1v) is 4.87. The van der Waals surface area contributed by atoms with E-state index in [0.717, 1.165) is 0 Å². The number of rotatable bonds is 2. The number of esters is 1. The number of aromatic amines is 1. The summed E-state index contributed by atoms with van der Waals surface area (Å²) in [6.07, 6.45) is 0. The average molecular weight is 222 g/mol. The molecule has 16 heavy (non-hydrogen) atoms. The number of hydrogen-bond donors (Lipinski definition) is 2. The molecule has 0 amide bonds. The molecular weight excluding hydrogens is 211 g/mol. The molecule has 0 unspecified atom stereocenters. The standard InChI is InChI=1S/C11H11FN2O2/c1-2-16-11(15)9-7-5-6(12)3-4-8(7)14-10(9)13/h3-5,14H,2,13H2,1H3. The van der Waals surface area contributed by atoms with Gasteiger partial charge in [-0.3, -0.25) is 0 Å². The summed E-state index contributed by atoms with van der Waals surface area (Å²) in [4.78, 5) is 14.4. The summed E-state index contributed by atoms with van der Waals surface area (Å²) in [6.45, 7) is 1.95. The lowest BCUT2D eigenvalue weighted by molar-refractivity contribution is 0.0530. The van der Waals surface area contributed by atoms with E-state index in [9.17, 15) is 9.18 Å². The van der Waals surface area contributed by atoms with Crippen molar-refractivity contribution in [3.8, 4) is 0 Å². The molecule has 0 aliphatic heterocycles. The number of nitrogens with two attached hydrogens (primary N) is 1. The molecule has 2 aromatic rings. The van der Waals surface area contributed by atoms with E-state index in [2.05, 4.69) is 4.98 Å². The normalized spacial score (nSPS) is 10.6. The Morgan fingerprint density at radius 2 is 2.31 bits per heavy atom. The molecular formula is C11H11FN2O2. The molecule has 0 atom stereocenters. The first-order valence-electron chi connectivity index (χ1n) is 4.87. The quantitative estimate of drug-likeness (QED) is 0.764. The van der Waals surface area contributed by atoms with Gasteiger partial charge in [-0.15, -0.1) is 0 Å². The molecule has 1 heterocycles. The van der Waals surface area contributed by atoms with Crippen molar-refractivity contribution >= 4 is 22.7 Å². The zero-order valence-electron chi connectivity index (χ0n) is 8.71. The van der Waals surface area contributed by atoms with Gasteiger partial charge in [0.1, 0.15) is 17.2 Å². The van der Waals surface area contributed by atoms with Gasteiger partial charge in [0, 0.05) is 10.9 Å². The van der Waals surface area contributed by atoms with Crippen molar-refractivity contribution in [2.75, 3.05) is 12.3 Å². The predicted molar refractivity (Wildman–Crippen MR) is 58.6 cm³/mol.